The van der Waals surface area contributed by atoms with Crippen molar-refractivity contribution in [2.45, 2.75) is 47.1 Å². The number of amides is 1. The number of aryl methyl sites for hydroxylation is 3. The molecule has 1 unspecified atom stereocenters. The second-order valence-corrected chi connectivity index (χ2v) is 7.46. The molecule has 1 atom stereocenters. The van der Waals surface area contributed by atoms with Gasteiger partial charge in [-0.1, -0.05) is 17.7 Å². The van der Waals surface area contributed by atoms with E-state index in [2.05, 4.69) is 5.32 Å². The number of nitriles is 1. The van der Waals surface area contributed by atoms with Gasteiger partial charge in [-0.05, 0) is 64.0 Å². The lowest BCUT2D eigenvalue weighted by Crippen LogP contribution is -2.15. The summed E-state index contributed by atoms with van der Waals surface area (Å²) in [5.74, 6) is 0.974. The summed E-state index contributed by atoms with van der Waals surface area (Å²) < 4.78 is 11.6. The number of nitrogens with one attached hydrogen (secondary N) is 1. The van der Waals surface area contributed by atoms with Gasteiger partial charge in [0.2, 0.25) is 0 Å². The van der Waals surface area contributed by atoms with Crippen LogP contribution in [0.1, 0.15) is 41.7 Å². The molecule has 2 aromatic carbocycles. The lowest BCUT2D eigenvalue weighted by atomic mass is 10.0. The van der Waals surface area contributed by atoms with Crippen LogP contribution in [-0.2, 0) is 11.2 Å². The Labute approximate surface area is 172 Å². The topological polar surface area (TPSA) is 71.3 Å². The van der Waals surface area contributed by atoms with Crippen LogP contribution in [0.5, 0.6) is 11.5 Å². The molecule has 2 aromatic rings. The van der Waals surface area contributed by atoms with E-state index in [1.807, 2.05) is 65.0 Å². The first-order valence-corrected chi connectivity index (χ1v) is 9.79. The van der Waals surface area contributed by atoms with Crippen molar-refractivity contribution in [3.63, 3.8) is 0 Å². The second kappa shape index (κ2) is 8.40. The van der Waals surface area contributed by atoms with Crippen molar-refractivity contribution >= 4 is 17.7 Å². The van der Waals surface area contributed by atoms with E-state index in [-0.39, 0.29) is 11.7 Å². The van der Waals surface area contributed by atoms with Crippen molar-refractivity contribution in [2.24, 2.45) is 0 Å². The Kier molecular flexibility index (Phi) is 5.93. The molecule has 0 saturated carbocycles. The van der Waals surface area contributed by atoms with Crippen LogP contribution >= 0.6 is 0 Å². The minimum atomic E-state index is -0.445. The van der Waals surface area contributed by atoms with Crippen LogP contribution in [0.4, 0.5) is 5.69 Å². The Morgan fingerprint density at radius 2 is 1.97 bits per heavy atom. The van der Waals surface area contributed by atoms with Gasteiger partial charge >= 0.3 is 0 Å². The zero-order valence-corrected chi connectivity index (χ0v) is 17.6. The van der Waals surface area contributed by atoms with Crippen LogP contribution in [-0.4, -0.2) is 18.6 Å². The molecule has 0 aromatic heterocycles. The standard InChI is InChI=1S/C24H26N2O3/c1-6-28-21-11-18-9-17(5)29-22(18)12-19(21)10-20(13-25)24(27)26-23-15(3)7-14(2)8-16(23)4/h7-8,10-12,17H,6,9H2,1-5H3,(H,26,27)/b20-10+. The van der Waals surface area contributed by atoms with Gasteiger partial charge in [0, 0.05) is 23.2 Å². The highest BCUT2D eigenvalue weighted by Crippen LogP contribution is 2.36. The van der Waals surface area contributed by atoms with E-state index in [0.29, 0.717) is 17.9 Å². The first kappa shape index (κ1) is 20.5. The molecule has 1 N–H and O–H groups in total. The number of anilines is 1. The van der Waals surface area contributed by atoms with Crippen LogP contribution in [0.2, 0.25) is 0 Å². The molecule has 0 bridgehead atoms. The zero-order valence-electron chi connectivity index (χ0n) is 17.6. The fraction of sp³-hybridized carbons (Fsp3) is 0.333. The molecular weight excluding hydrogens is 364 g/mol. The van der Waals surface area contributed by atoms with Crippen LogP contribution < -0.4 is 14.8 Å². The van der Waals surface area contributed by atoms with Crippen molar-refractivity contribution < 1.29 is 14.3 Å². The zero-order chi connectivity index (χ0) is 21.1. The third-order valence-electron chi connectivity index (χ3n) is 4.91. The van der Waals surface area contributed by atoms with E-state index in [4.69, 9.17) is 9.47 Å². The molecule has 0 fully saturated rings. The predicted molar refractivity (Wildman–Crippen MR) is 114 cm³/mol. The molecule has 3 rings (SSSR count). The SMILES string of the molecule is CCOc1cc2c(cc1/C=C(\C#N)C(=O)Nc1c(C)cc(C)cc1C)OC(C)C2. The molecule has 29 heavy (non-hydrogen) atoms. The van der Waals surface area contributed by atoms with E-state index in [0.717, 1.165) is 40.1 Å². The average molecular weight is 390 g/mol. The Hall–Kier alpha value is -3.26. The number of hydrogen-bond donors (Lipinski definition) is 1. The van der Waals surface area contributed by atoms with E-state index in [1.54, 1.807) is 6.08 Å². The number of nitrogens with zero attached hydrogens (tertiary/aromatic N) is 1. The second-order valence-electron chi connectivity index (χ2n) is 7.46. The summed E-state index contributed by atoms with van der Waals surface area (Å²) in [4.78, 5) is 12.8. The molecule has 5 heteroatoms. The monoisotopic (exact) mass is 390 g/mol. The quantitative estimate of drug-likeness (QED) is 0.583. The van der Waals surface area contributed by atoms with Crippen molar-refractivity contribution in [3.05, 3.63) is 57.7 Å². The minimum Gasteiger partial charge on any atom is -0.493 e. The predicted octanol–water partition coefficient (Wildman–Crippen LogP) is 4.88. The number of fused-ring (bicyclic) bond motifs is 1. The smallest absolute Gasteiger partial charge is 0.266 e. The van der Waals surface area contributed by atoms with Crippen molar-refractivity contribution in [1.82, 2.24) is 0 Å². The molecule has 0 radical (unpaired) electrons. The lowest BCUT2D eigenvalue weighted by Gasteiger charge is -2.13. The summed E-state index contributed by atoms with van der Waals surface area (Å²) in [6, 6.07) is 9.81. The highest BCUT2D eigenvalue weighted by molar-refractivity contribution is 6.10. The summed E-state index contributed by atoms with van der Waals surface area (Å²) in [5.41, 5.74) is 5.53. The fourth-order valence-electron chi connectivity index (χ4n) is 3.71. The fourth-order valence-corrected chi connectivity index (χ4v) is 3.71. The summed E-state index contributed by atoms with van der Waals surface area (Å²) in [6.07, 6.45) is 2.48. The molecular formula is C24H26N2O3. The molecule has 0 aliphatic carbocycles. The van der Waals surface area contributed by atoms with Gasteiger partial charge in [-0.25, -0.2) is 0 Å². The maximum absolute atomic E-state index is 12.8. The number of hydrogen-bond acceptors (Lipinski definition) is 4. The van der Waals surface area contributed by atoms with Crippen LogP contribution in [0, 0.1) is 32.1 Å². The Morgan fingerprint density at radius 1 is 1.28 bits per heavy atom. The largest absolute Gasteiger partial charge is 0.493 e. The molecule has 0 spiro atoms. The summed E-state index contributed by atoms with van der Waals surface area (Å²) in [6.45, 7) is 10.3. The Bertz CT molecular complexity index is 1010. The summed E-state index contributed by atoms with van der Waals surface area (Å²) >= 11 is 0. The van der Waals surface area contributed by atoms with Gasteiger partial charge < -0.3 is 14.8 Å². The summed E-state index contributed by atoms with van der Waals surface area (Å²) in [7, 11) is 0. The number of rotatable bonds is 5. The number of carbonyl (C=O) groups excluding carboxylic acids is 1. The molecule has 1 aliphatic heterocycles. The first-order valence-electron chi connectivity index (χ1n) is 9.79. The highest BCUT2D eigenvalue weighted by Gasteiger charge is 2.22. The van der Waals surface area contributed by atoms with E-state index < -0.39 is 5.91 Å². The highest BCUT2D eigenvalue weighted by atomic mass is 16.5. The van der Waals surface area contributed by atoms with Crippen LogP contribution in [0.15, 0.2) is 29.8 Å². The number of benzene rings is 2. The van der Waals surface area contributed by atoms with Crippen molar-refractivity contribution in [1.29, 1.82) is 5.26 Å². The van der Waals surface area contributed by atoms with Gasteiger partial charge in [0.25, 0.3) is 5.91 Å². The molecule has 1 heterocycles. The lowest BCUT2D eigenvalue weighted by molar-refractivity contribution is -0.112. The normalized spacial score (nSPS) is 15.3. The number of carbonyl (C=O) groups is 1. The Morgan fingerprint density at radius 3 is 2.59 bits per heavy atom. The van der Waals surface area contributed by atoms with Crippen LogP contribution in [0.25, 0.3) is 6.08 Å². The first-order chi connectivity index (χ1) is 13.8. The summed E-state index contributed by atoms with van der Waals surface area (Å²) in [5, 5.41) is 12.5. The van der Waals surface area contributed by atoms with Gasteiger partial charge in [0.05, 0.1) is 6.61 Å². The average Bonchev–Trinajstić information content (AvgIpc) is 3.01. The van der Waals surface area contributed by atoms with E-state index >= 15 is 0 Å². The van der Waals surface area contributed by atoms with Crippen molar-refractivity contribution in [3.8, 4) is 17.6 Å². The van der Waals surface area contributed by atoms with Gasteiger partial charge in [-0.2, -0.15) is 5.26 Å². The van der Waals surface area contributed by atoms with Gasteiger partial charge in [-0.15, -0.1) is 0 Å². The molecule has 1 amide bonds. The van der Waals surface area contributed by atoms with Gasteiger partial charge in [0.15, 0.2) is 0 Å². The minimum absolute atomic E-state index is 0.0105. The molecule has 0 saturated heterocycles. The number of ether oxygens (including phenoxy) is 2. The van der Waals surface area contributed by atoms with Gasteiger partial charge in [-0.3, -0.25) is 4.79 Å². The molecule has 150 valence electrons. The maximum Gasteiger partial charge on any atom is 0.266 e. The molecule has 5 nitrogen and oxygen atoms in total. The van der Waals surface area contributed by atoms with Crippen molar-refractivity contribution in [2.75, 3.05) is 11.9 Å². The van der Waals surface area contributed by atoms with Gasteiger partial charge in [0.1, 0.15) is 29.2 Å². The van der Waals surface area contributed by atoms with Crippen LogP contribution in [0.3, 0.4) is 0 Å². The third-order valence-corrected chi connectivity index (χ3v) is 4.91. The molecule has 1 aliphatic rings. The van der Waals surface area contributed by atoms with E-state index in [1.165, 1.54) is 0 Å². The third kappa shape index (κ3) is 4.43. The van der Waals surface area contributed by atoms with E-state index in [9.17, 15) is 10.1 Å². The Balaban J connectivity index is 1.95. The maximum atomic E-state index is 12.8.